The Morgan fingerprint density at radius 3 is 2.25 bits per heavy atom. The Balaban J connectivity index is 2.85. The molecule has 1 unspecified atom stereocenters. The van der Waals surface area contributed by atoms with Crippen molar-refractivity contribution in [3.05, 3.63) is 30.1 Å². The Morgan fingerprint density at radius 1 is 1.31 bits per heavy atom. The molecule has 0 aliphatic rings. The van der Waals surface area contributed by atoms with Gasteiger partial charge < -0.3 is 0 Å². The summed E-state index contributed by atoms with van der Waals surface area (Å²) in [6.45, 7) is 1.21. The van der Waals surface area contributed by atoms with Crippen molar-refractivity contribution >= 4 is 10.1 Å². The van der Waals surface area contributed by atoms with Crippen LogP contribution in [0.2, 0.25) is 0 Å². The summed E-state index contributed by atoms with van der Waals surface area (Å²) in [5, 5.41) is 0. The SMILES string of the molecule is CC(OS(=O)(=O)C(F)(F)F)c1ccncc1. The van der Waals surface area contributed by atoms with Gasteiger partial charge >= 0.3 is 15.6 Å². The number of hydrogen-bond acceptors (Lipinski definition) is 4. The van der Waals surface area contributed by atoms with Gasteiger partial charge in [-0.25, -0.2) is 0 Å². The van der Waals surface area contributed by atoms with Gasteiger partial charge in [-0.15, -0.1) is 0 Å². The molecule has 0 bridgehead atoms. The van der Waals surface area contributed by atoms with Crippen molar-refractivity contribution in [3.63, 3.8) is 0 Å². The molecule has 16 heavy (non-hydrogen) atoms. The summed E-state index contributed by atoms with van der Waals surface area (Å²) in [6, 6.07) is 2.74. The Hall–Kier alpha value is -1.15. The monoisotopic (exact) mass is 255 g/mol. The summed E-state index contributed by atoms with van der Waals surface area (Å²) in [4.78, 5) is 3.65. The van der Waals surface area contributed by atoms with Gasteiger partial charge in [0.05, 0.1) is 6.10 Å². The normalized spacial score (nSPS) is 14.8. The van der Waals surface area contributed by atoms with E-state index in [4.69, 9.17) is 0 Å². The van der Waals surface area contributed by atoms with Crippen molar-refractivity contribution < 1.29 is 25.8 Å². The van der Waals surface area contributed by atoms with Crippen LogP contribution in [-0.2, 0) is 14.3 Å². The van der Waals surface area contributed by atoms with Gasteiger partial charge in [0.15, 0.2) is 0 Å². The fraction of sp³-hybridized carbons (Fsp3) is 0.375. The molecule has 0 N–H and O–H groups in total. The van der Waals surface area contributed by atoms with Crippen LogP contribution in [0, 0.1) is 0 Å². The topological polar surface area (TPSA) is 56.3 Å². The second kappa shape index (κ2) is 4.38. The molecule has 1 rings (SSSR count). The van der Waals surface area contributed by atoms with Gasteiger partial charge in [0, 0.05) is 12.4 Å². The summed E-state index contributed by atoms with van der Waals surface area (Å²) in [7, 11) is -5.57. The number of aromatic nitrogens is 1. The van der Waals surface area contributed by atoms with Gasteiger partial charge in [0.2, 0.25) is 0 Å². The zero-order valence-electron chi connectivity index (χ0n) is 8.10. The van der Waals surface area contributed by atoms with E-state index >= 15 is 0 Å². The minimum Gasteiger partial charge on any atom is -0.265 e. The van der Waals surface area contributed by atoms with Crippen molar-refractivity contribution in [2.45, 2.75) is 18.5 Å². The van der Waals surface area contributed by atoms with Gasteiger partial charge in [0.25, 0.3) is 0 Å². The average Bonchev–Trinajstić information content (AvgIpc) is 2.16. The number of rotatable bonds is 3. The van der Waals surface area contributed by atoms with E-state index in [2.05, 4.69) is 9.17 Å². The van der Waals surface area contributed by atoms with Crippen molar-refractivity contribution in [1.29, 1.82) is 0 Å². The maximum atomic E-state index is 12.0. The van der Waals surface area contributed by atoms with Crippen LogP contribution in [-0.4, -0.2) is 18.9 Å². The highest BCUT2D eigenvalue weighted by Crippen LogP contribution is 2.29. The van der Waals surface area contributed by atoms with Crippen molar-refractivity contribution in [1.82, 2.24) is 4.98 Å². The predicted molar refractivity (Wildman–Crippen MR) is 48.7 cm³/mol. The molecule has 0 aliphatic heterocycles. The Kier molecular flexibility index (Phi) is 3.54. The summed E-state index contributed by atoms with van der Waals surface area (Å²) in [5.74, 6) is 0. The Bertz CT molecular complexity index is 443. The van der Waals surface area contributed by atoms with E-state index in [0.29, 0.717) is 5.56 Å². The molecule has 1 aromatic rings. The Labute approximate surface area is 90.2 Å². The maximum Gasteiger partial charge on any atom is 0.523 e. The van der Waals surface area contributed by atoms with Gasteiger partial charge in [-0.05, 0) is 24.6 Å². The smallest absolute Gasteiger partial charge is 0.265 e. The number of halogens is 3. The molecule has 0 aromatic carbocycles. The van der Waals surface area contributed by atoms with Gasteiger partial charge in [-0.3, -0.25) is 9.17 Å². The van der Waals surface area contributed by atoms with Crippen molar-refractivity contribution in [2.75, 3.05) is 0 Å². The van der Waals surface area contributed by atoms with E-state index in [1.807, 2.05) is 0 Å². The quantitative estimate of drug-likeness (QED) is 0.612. The van der Waals surface area contributed by atoms with Crippen LogP contribution in [0.5, 0.6) is 0 Å². The van der Waals surface area contributed by atoms with E-state index in [-0.39, 0.29) is 0 Å². The van der Waals surface area contributed by atoms with E-state index in [1.54, 1.807) is 0 Å². The number of nitrogens with zero attached hydrogens (tertiary/aromatic N) is 1. The fourth-order valence-corrected chi connectivity index (χ4v) is 1.53. The standard InChI is InChI=1S/C8H8F3NO3S/c1-6(7-2-4-12-5-3-7)15-16(13,14)8(9,10)11/h2-6H,1H3. The third-order valence-electron chi connectivity index (χ3n) is 1.73. The number of pyridine rings is 1. The Morgan fingerprint density at radius 2 is 1.81 bits per heavy atom. The molecule has 8 heteroatoms. The lowest BCUT2D eigenvalue weighted by Crippen LogP contribution is -2.26. The summed E-state index contributed by atoms with van der Waals surface area (Å²) >= 11 is 0. The third-order valence-corrected chi connectivity index (χ3v) is 2.84. The van der Waals surface area contributed by atoms with E-state index < -0.39 is 21.7 Å². The second-order valence-electron chi connectivity index (χ2n) is 2.92. The summed E-state index contributed by atoms with van der Waals surface area (Å²) in [5.41, 5.74) is -5.11. The number of hydrogen-bond donors (Lipinski definition) is 0. The highest BCUT2D eigenvalue weighted by molar-refractivity contribution is 7.87. The van der Waals surface area contributed by atoms with E-state index in [0.717, 1.165) is 0 Å². The largest absolute Gasteiger partial charge is 0.523 e. The molecule has 0 saturated heterocycles. The van der Waals surface area contributed by atoms with Crippen molar-refractivity contribution in [2.24, 2.45) is 0 Å². The van der Waals surface area contributed by atoms with Crippen LogP contribution in [0.3, 0.4) is 0 Å². The highest BCUT2D eigenvalue weighted by atomic mass is 32.2. The minimum atomic E-state index is -5.57. The first-order valence-corrected chi connectivity index (χ1v) is 5.54. The molecular formula is C8H8F3NO3S. The lowest BCUT2D eigenvalue weighted by atomic mass is 10.2. The average molecular weight is 255 g/mol. The molecule has 0 radical (unpaired) electrons. The zero-order chi connectivity index (χ0) is 12.4. The van der Waals surface area contributed by atoms with Crippen LogP contribution in [0.25, 0.3) is 0 Å². The summed E-state index contributed by atoms with van der Waals surface area (Å²) < 4.78 is 61.3. The van der Waals surface area contributed by atoms with E-state index in [1.165, 1.54) is 31.5 Å². The summed E-state index contributed by atoms with van der Waals surface area (Å²) in [6.07, 6.45) is 1.44. The molecule has 0 saturated carbocycles. The van der Waals surface area contributed by atoms with Gasteiger partial charge in [-0.1, -0.05) is 0 Å². The molecule has 0 amide bonds. The van der Waals surface area contributed by atoms with Crippen LogP contribution in [0.4, 0.5) is 13.2 Å². The fourth-order valence-electron chi connectivity index (χ4n) is 0.935. The lowest BCUT2D eigenvalue weighted by Gasteiger charge is -2.14. The molecule has 1 heterocycles. The van der Waals surface area contributed by atoms with Crippen LogP contribution in [0.15, 0.2) is 24.5 Å². The van der Waals surface area contributed by atoms with Crippen molar-refractivity contribution in [3.8, 4) is 0 Å². The van der Waals surface area contributed by atoms with Gasteiger partial charge in [-0.2, -0.15) is 21.6 Å². The molecule has 1 atom stereocenters. The predicted octanol–water partition coefficient (Wildman–Crippen LogP) is 2.01. The molecule has 90 valence electrons. The van der Waals surface area contributed by atoms with Crippen LogP contribution < -0.4 is 0 Å². The third kappa shape index (κ3) is 2.92. The lowest BCUT2D eigenvalue weighted by molar-refractivity contribution is -0.0569. The van der Waals surface area contributed by atoms with Crippen LogP contribution in [0.1, 0.15) is 18.6 Å². The zero-order valence-corrected chi connectivity index (χ0v) is 8.92. The highest BCUT2D eigenvalue weighted by Gasteiger charge is 2.48. The maximum absolute atomic E-state index is 12.0. The first-order valence-electron chi connectivity index (χ1n) is 4.13. The second-order valence-corrected chi connectivity index (χ2v) is 4.48. The molecule has 0 spiro atoms. The molecule has 0 fully saturated rings. The molecule has 4 nitrogen and oxygen atoms in total. The van der Waals surface area contributed by atoms with Crippen LogP contribution >= 0.6 is 0 Å². The number of alkyl halides is 3. The van der Waals surface area contributed by atoms with E-state index in [9.17, 15) is 21.6 Å². The molecular weight excluding hydrogens is 247 g/mol. The molecule has 0 aliphatic carbocycles. The minimum absolute atomic E-state index is 0.294. The molecule has 1 aromatic heterocycles. The van der Waals surface area contributed by atoms with Gasteiger partial charge in [0.1, 0.15) is 0 Å². The first-order chi connectivity index (χ1) is 7.24. The first kappa shape index (κ1) is 12.9.